The normalized spacial score (nSPS) is 11.8. The molecule has 5 nitrogen and oxygen atoms in total. The minimum absolute atomic E-state index is 0.0949. The van der Waals surface area contributed by atoms with E-state index in [1.807, 2.05) is 39.0 Å². The van der Waals surface area contributed by atoms with E-state index in [-0.39, 0.29) is 22.3 Å². The molecule has 0 spiro atoms. The molecule has 1 N–H and O–H groups in total. The van der Waals surface area contributed by atoms with Gasteiger partial charge in [0.15, 0.2) is 0 Å². The van der Waals surface area contributed by atoms with Gasteiger partial charge in [-0.15, -0.1) is 0 Å². The zero-order valence-electron chi connectivity index (χ0n) is 13.1. The Balaban J connectivity index is 2.24. The molecule has 0 aliphatic rings. The summed E-state index contributed by atoms with van der Waals surface area (Å²) in [6, 6.07) is 9.56. The summed E-state index contributed by atoms with van der Waals surface area (Å²) < 4.78 is 0. The van der Waals surface area contributed by atoms with Gasteiger partial charge in [0.05, 0.1) is 21.6 Å². The van der Waals surface area contributed by atoms with Gasteiger partial charge in [-0.2, -0.15) is 0 Å². The fraction of sp³-hybridized carbons (Fsp3) is 0.235. The van der Waals surface area contributed by atoms with Crippen molar-refractivity contribution in [2.75, 3.05) is 0 Å². The van der Waals surface area contributed by atoms with Crippen LogP contribution in [0.4, 0.5) is 5.69 Å². The molecule has 0 aliphatic carbocycles. The molecular formula is C17H17ClN2O3. The molecule has 6 heteroatoms. The molecule has 1 atom stereocenters. The fourth-order valence-corrected chi connectivity index (χ4v) is 2.67. The number of nitrogens with zero attached hydrogens (tertiary/aromatic N) is 1. The van der Waals surface area contributed by atoms with Crippen LogP contribution in [0.1, 0.15) is 40.0 Å². The Morgan fingerprint density at radius 1 is 1.22 bits per heavy atom. The number of benzene rings is 2. The molecule has 2 aromatic carbocycles. The number of hydrogen-bond acceptors (Lipinski definition) is 3. The zero-order valence-corrected chi connectivity index (χ0v) is 13.8. The fourth-order valence-electron chi connectivity index (χ4n) is 2.46. The van der Waals surface area contributed by atoms with Gasteiger partial charge < -0.3 is 5.32 Å². The third-order valence-corrected chi connectivity index (χ3v) is 3.97. The monoisotopic (exact) mass is 332 g/mol. The molecule has 23 heavy (non-hydrogen) atoms. The van der Waals surface area contributed by atoms with Crippen LogP contribution in [-0.2, 0) is 0 Å². The number of non-ortho nitro benzene ring substituents is 1. The maximum absolute atomic E-state index is 12.4. The molecule has 0 aliphatic heterocycles. The van der Waals surface area contributed by atoms with Crippen LogP contribution in [0.25, 0.3) is 0 Å². The van der Waals surface area contributed by atoms with Crippen LogP contribution in [0.3, 0.4) is 0 Å². The van der Waals surface area contributed by atoms with Crippen molar-refractivity contribution in [1.82, 2.24) is 5.32 Å². The highest BCUT2D eigenvalue weighted by molar-refractivity contribution is 6.33. The van der Waals surface area contributed by atoms with E-state index in [1.54, 1.807) is 0 Å². The van der Waals surface area contributed by atoms with Crippen molar-refractivity contribution in [3.8, 4) is 0 Å². The molecule has 0 radical (unpaired) electrons. The highest BCUT2D eigenvalue weighted by Crippen LogP contribution is 2.24. The number of nitro groups is 1. The van der Waals surface area contributed by atoms with Gasteiger partial charge in [-0.1, -0.05) is 35.4 Å². The molecule has 0 fully saturated rings. The molecule has 0 unspecified atom stereocenters. The summed E-state index contributed by atoms with van der Waals surface area (Å²) in [5.74, 6) is -0.439. The van der Waals surface area contributed by atoms with Crippen LogP contribution in [-0.4, -0.2) is 10.8 Å². The van der Waals surface area contributed by atoms with Gasteiger partial charge in [0, 0.05) is 12.1 Å². The van der Waals surface area contributed by atoms with Crippen molar-refractivity contribution < 1.29 is 9.72 Å². The van der Waals surface area contributed by atoms with Gasteiger partial charge >= 0.3 is 0 Å². The van der Waals surface area contributed by atoms with Gasteiger partial charge in [0.1, 0.15) is 0 Å². The molecule has 0 aromatic heterocycles. The van der Waals surface area contributed by atoms with E-state index in [2.05, 4.69) is 5.32 Å². The Morgan fingerprint density at radius 3 is 2.52 bits per heavy atom. The van der Waals surface area contributed by atoms with Crippen LogP contribution in [0, 0.1) is 24.0 Å². The van der Waals surface area contributed by atoms with Crippen LogP contribution in [0.5, 0.6) is 0 Å². The van der Waals surface area contributed by atoms with Crippen LogP contribution in [0.15, 0.2) is 36.4 Å². The lowest BCUT2D eigenvalue weighted by molar-refractivity contribution is -0.384. The first-order valence-electron chi connectivity index (χ1n) is 7.11. The summed E-state index contributed by atoms with van der Waals surface area (Å²) >= 11 is 5.99. The van der Waals surface area contributed by atoms with E-state index in [0.717, 1.165) is 16.7 Å². The number of amides is 1. The lowest BCUT2D eigenvalue weighted by Gasteiger charge is -2.17. The van der Waals surface area contributed by atoms with Crippen LogP contribution in [0.2, 0.25) is 5.02 Å². The molecule has 2 aromatic rings. The Bertz CT molecular complexity index is 774. The first-order valence-corrected chi connectivity index (χ1v) is 7.49. The highest BCUT2D eigenvalue weighted by Gasteiger charge is 2.18. The molecule has 0 saturated carbocycles. The van der Waals surface area contributed by atoms with Crippen LogP contribution < -0.4 is 5.32 Å². The molecule has 120 valence electrons. The van der Waals surface area contributed by atoms with Gasteiger partial charge in [-0.05, 0) is 38.0 Å². The average molecular weight is 333 g/mol. The van der Waals surface area contributed by atoms with Crippen molar-refractivity contribution in [1.29, 1.82) is 0 Å². The maximum atomic E-state index is 12.4. The summed E-state index contributed by atoms with van der Waals surface area (Å²) in [7, 11) is 0. The summed E-state index contributed by atoms with van der Waals surface area (Å²) in [5, 5.41) is 13.9. The molecular weight excluding hydrogens is 316 g/mol. The SMILES string of the molecule is Cc1ccc([C@H](C)NC(=O)c2cc([N+](=O)[O-])ccc2Cl)c(C)c1. The Hall–Kier alpha value is -2.40. The third-order valence-electron chi connectivity index (χ3n) is 3.64. The van der Waals surface area contributed by atoms with Gasteiger partial charge in [0.2, 0.25) is 0 Å². The Kier molecular flexibility index (Phi) is 5.01. The number of aryl methyl sites for hydroxylation is 2. The summed E-state index contributed by atoms with van der Waals surface area (Å²) in [6.07, 6.45) is 0. The minimum atomic E-state index is -0.555. The lowest BCUT2D eigenvalue weighted by atomic mass is 10.00. The molecule has 0 heterocycles. The number of nitro benzene ring substituents is 1. The second-order valence-electron chi connectivity index (χ2n) is 5.48. The molecule has 0 bridgehead atoms. The predicted molar refractivity (Wildman–Crippen MR) is 89.9 cm³/mol. The average Bonchev–Trinajstić information content (AvgIpc) is 2.46. The van der Waals surface area contributed by atoms with Gasteiger partial charge in [0.25, 0.3) is 11.6 Å². The lowest BCUT2D eigenvalue weighted by Crippen LogP contribution is -2.27. The second-order valence-corrected chi connectivity index (χ2v) is 5.88. The number of rotatable bonds is 4. The smallest absolute Gasteiger partial charge is 0.270 e. The Labute approximate surface area is 139 Å². The van der Waals surface area contributed by atoms with E-state index in [1.165, 1.54) is 18.2 Å². The van der Waals surface area contributed by atoms with Crippen molar-refractivity contribution in [2.45, 2.75) is 26.8 Å². The van der Waals surface area contributed by atoms with E-state index in [9.17, 15) is 14.9 Å². The van der Waals surface area contributed by atoms with Crippen LogP contribution >= 0.6 is 11.6 Å². The zero-order chi connectivity index (χ0) is 17.1. The molecule has 2 rings (SSSR count). The Morgan fingerprint density at radius 2 is 1.91 bits per heavy atom. The minimum Gasteiger partial charge on any atom is -0.345 e. The standard InChI is InChI=1S/C17H17ClN2O3/c1-10-4-6-14(11(2)8-10)12(3)19-17(21)15-9-13(20(22)23)5-7-16(15)18/h4-9,12H,1-3H3,(H,19,21)/t12-/m0/s1. The van der Waals surface area contributed by atoms with Crippen molar-refractivity contribution in [3.05, 3.63) is 73.8 Å². The first kappa shape index (κ1) is 17.0. The van der Waals surface area contributed by atoms with Crippen molar-refractivity contribution >= 4 is 23.2 Å². The van der Waals surface area contributed by atoms with Gasteiger partial charge in [-0.25, -0.2) is 0 Å². The topological polar surface area (TPSA) is 72.2 Å². The number of hydrogen-bond donors (Lipinski definition) is 1. The number of carbonyl (C=O) groups is 1. The molecule has 1 amide bonds. The van der Waals surface area contributed by atoms with Crippen molar-refractivity contribution in [2.24, 2.45) is 0 Å². The predicted octanol–water partition coefficient (Wildman–Crippen LogP) is 4.36. The van der Waals surface area contributed by atoms with E-state index in [0.29, 0.717) is 0 Å². The quantitative estimate of drug-likeness (QED) is 0.668. The maximum Gasteiger partial charge on any atom is 0.270 e. The number of carbonyl (C=O) groups excluding carboxylic acids is 1. The van der Waals surface area contributed by atoms with Crippen molar-refractivity contribution in [3.63, 3.8) is 0 Å². The summed E-state index contributed by atoms with van der Waals surface area (Å²) in [5.41, 5.74) is 3.14. The first-order chi connectivity index (χ1) is 10.8. The molecule has 0 saturated heterocycles. The van der Waals surface area contributed by atoms with E-state index in [4.69, 9.17) is 11.6 Å². The van der Waals surface area contributed by atoms with E-state index >= 15 is 0 Å². The largest absolute Gasteiger partial charge is 0.345 e. The van der Waals surface area contributed by atoms with E-state index < -0.39 is 10.8 Å². The summed E-state index contributed by atoms with van der Waals surface area (Å²) in [6.45, 7) is 5.84. The highest BCUT2D eigenvalue weighted by atomic mass is 35.5. The van der Waals surface area contributed by atoms with Gasteiger partial charge in [-0.3, -0.25) is 14.9 Å². The second kappa shape index (κ2) is 6.79. The third kappa shape index (κ3) is 3.87. The number of nitrogens with one attached hydrogen (secondary N) is 1. The number of halogens is 1. The summed E-state index contributed by atoms with van der Waals surface area (Å²) in [4.78, 5) is 22.7.